The molecule has 2 rings (SSSR count). The van der Waals surface area contributed by atoms with Gasteiger partial charge in [0.25, 0.3) is 5.91 Å². The van der Waals surface area contributed by atoms with Crippen molar-refractivity contribution >= 4 is 33.3 Å². The average Bonchev–Trinajstić information content (AvgIpc) is 2.61. The van der Waals surface area contributed by atoms with E-state index in [1.165, 1.54) is 17.5 Å². The number of methoxy groups -OCH3 is 1. The number of esters is 1. The molecule has 1 amide bonds. The highest BCUT2D eigenvalue weighted by Crippen LogP contribution is 2.19. The lowest BCUT2D eigenvalue weighted by atomic mass is 10.1. The Kier molecular flexibility index (Phi) is 5.99. The summed E-state index contributed by atoms with van der Waals surface area (Å²) in [5.74, 6) is -0.869. The van der Waals surface area contributed by atoms with Gasteiger partial charge in [0.1, 0.15) is 0 Å². The zero-order valence-electron chi connectivity index (χ0n) is 14.7. The Morgan fingerprint density at radius 3 is 2.27 bits per heavy atom. The molecule has 0 saturated heterocycles. The lowest BCUT2D eigenvalue weighted by Gasteiger charge is -2.20. The molecular weight excluding hydrogens is 356 g/mol. The summed E-state index contributed by atoms with van der Waals surface area (Å²) in [6.45, 7) is 2.03. The number of carbonyl (C=O) groups excluding carboxylic acids is 2. The summed E-state index contributed by atoms with van der Waals surface area (Å²) in [6.07, 6.45) is 1.13. The van der Waals surface area contributed by atoms with Crippen molar-refractivity contribution in [3.05, 3.63) is 59.7 Å². The highest BCUT2D eigenvalue weighted by Gasteiger charge is 2.16. The van der Waals surface area contributed by atoms with E-state index in [0.717, 1.165) is 6.26 Å². The molecule has 1 N–H and O–H groups in total. The van der Waals surface area contributed by atoms with Crippen LogP contribution < -0.4 is 9.62 Å². The van der Waals surface area contributed by atoms with Gasteiger partial charge in [0.2, 0.25) is 10.0 Å². The van der Waals surface area contributed by atoms with Crippen molar-refractivity contribution in [3.63, 3.8) is 0 Å². The van der Waals surface area contributed by atoms with Crippen LogP contribution in [0.1, 0.15) is 27.6 Å². The molecule has 0 bridgehead atoms. The van der Waals surface area contributed by atoms with Crippen LogP contribution in [0.2, 0.25) is 0 Å². The van der Waals surface area contributed by atoms with Gasteiger partial charge in [0.05, 0.1) is 24.6 Å². The molecule has 2 aromatic rings. The first kappa shape index (κ1) is 19.5. The number of anilines is 2. The van der Waals surface area contributed by atoms with E-state index in [1.54, 1.807) is 49.4 Å². The Labute approximate surface area is 152 Å². The van der Waals surface area contributed by atoms with E-state index >= 15 is 0 Å². The lowest BCUT2D eigenvalue weighted by Crippen LogP contribution is -2.29. The van der Waals surface area contributed by atoms with Crippen LogP contribution in [-0.2, 0) is 14.8 Å². The number of nitrogens with one attached hydrogen (secondary N) is 1. The van der Waals surface area contributed by atoms with Gasteiger partial charge in [0, 0.05) is 17.8 Å². The Morgan fingerprint density at radius 2 is 1.73 bits per heavy atom. The highest BCUT2D eigenvalue weighted by molar-refractivity contribution is 7.92. The molecule has 2 aromatic carbocycles. The molecule has 7 nitrogen and oxygen atoms in total. The minimum absolute atomic E-state index is 0.296. The van der Waals surface area contributed by atoms with Crippen molar-refractivity contribution in [2.75, 3.05) is 29.5 Å². The third-order valence-electron chi connectivity index (χ3n) is 3.65. The number of nitrogens with zero attached hydrogens (tertiary/aromatic N) is 1. The van der Waals surface area contributed by atoms with Gasteiger partial charge in [0.15, 0.2) is 0 Å². The minimum atomic E-state index is -3.38. The second kappa shape index (κ2) is 8.01. The molecule has 0 aliphatic rings. The van der Waals surface area contributed by atoms with Gasteiger partial charge in [-0.05, 0) is 49.4 Å². The summed E-state index contributed by atoms with van der Waals surface area (Å²) >= 11 is 0. The predicted molar refractivity (Wildman–Crippen MR) is 100 cm³/mol. The SMILES string of the molecule is CCN(c1ccc(C(=O)Nc2cccc(C(=O)OC)c2)cc1)S(C)(=O)=O. The maximum absolute atomic E-state index is 12.4. The summed E-state index contributed by atoms with van der Waals surface area (Å²) in [6, 6.07) is 12.6. The normalized spacial score (nSPS) is 10.9. The molecule has 0 aliphatic heterocycles. The molecule has 0 saturated carbocycles. The van der Waals surface area contributed by atoms with Crippen molar-refractivity contribution in [2.24, 2.45) is 0 Å². The molecule has 0 fully saturated rings. The van der Waals surface area contributed by atoms with Gasteiger partial charge in [-0.2, -0.15) is 0 Å². The Hall–Kier alpha value is -2.87. The van der Waals surface area contributed by atoms with Gasteiger partial charge >= 0.3 is 5.97 Å². The molecule has 138 valence electrons. The van der Waals surface area contributed by atoms with E-state index in [1.807, 2.05) is 0 Å². The maximum Gasteiger partial charge on any atom is 0.337 e. The summed E-state index contributed by atoms with van der Waals surface area (Å²) < 4.78 is 29.4. The maximum atomic E-state index is 12.4. The van der Waals surface area contributed by atoms with Crippen molar-refractivity contribution in [3.8, 4) is 0 Å². The molecule has 0 unspecified atom stereocenters. The second-order valence-electron chi connectivity index (χ2n) is 5.50. The van der Waals surface area contributed by atoms with Crippen LogP contribution in [0.25, 0.3) is 0 Å². The smallest absolute Gasteiger partial charge is 0.337 e. The summed E-state index contributed by atoms with van der Waals surface area (Å²) in [5.41, 5.74) is 1.63. The molecule has 0 spiro atoms. The average molecular weight is 376 g/mol. The Balaban J connectivity index is 2.17. The molecule has 0 atom stereocenters. The minimum Gasteiger partial charge on any atom is -0.465 e. The predicted octanol–water partition coefficient (Wildman–Crippen LogP) is 2.51. The van der Waals surface area contributed by atoms with E-state index in [9.17, 15) is 18.0 Å². The Bertz CT molecular complexity index is 907. The number of benzene rings is 2. The number of ether oxygens (including phenoxy) is 1. The van der Waals surface area contributed by atoms with Crippen molar-refractivity contribution < 1.29 is 22.7 Å². The van der Waals surface area contributed by atoms with Gasteiger partial charge in [-0.3, -0.25) is 9.10 Å². The van der Waals surface area contributed by atoms with Gasteiger partial charge < -0.3 is 10.1 Å². The van der Waals surface area contributed by atoms with Crippen LogP contribution in [0, 0.1) is 0 Å². The van der Waals surface area contributed by atoms with Crippen molar-refractivity contribution in [2.45, 2.75) is 6.92 Å². The van der Waals surface area contributed by atoms with Crippen LogP contribution in [0.15, 0.2) is 48.5 Å². The zero-order chi connectivity index (χ0) is 19.3. The third kappa shape index (κ3) is 4.60. The number of sulfonamides is 1. The van der Waals surface area contributed by atoms with Crippen molar-refractivity contribution in [1.82, 2.24) is 0 Å². The fraction of sp³-hybridized carbons (Fsp3) is 0.222. The largest absolute Gasteiger partial charge is 0.465 e. The standard InChI is InChI=1S/C18H20N2O5S/c1-4-20(26(3,23)24)16-10-8-13(9-11-16)17(21)19-15-7-5-6-14(12-15)18(22)25-2/h5-12H,4H2,1-3H3,(H,19,21). The number of carbonyl (C=O) groups is 2. The molecular formula is C18H20N2O5S. The highest BCUT2D eigenvalue weighted by atomic mass is 32.2. The van der Waals surface area contributed by atoms with Gasteiger partial charge in [-0.1, -0.05) is 6.07 Å². The molecule has 0 aliphatic carbocycles. The third-order valence-corrected chi connectivity index (χ3v) is 4.92. The monoisotopic (exact) mass is 376 g/mol. The zero-order valence-corrected chi connectivity index (χ0v) is 15.5. The van der Waals surface area contributed by atoms with Gasteiger partial charge in [-0.25, -0.2) is 13.2 Å². The number of rotatable bonds is 6. The lowest BCUT2D eigenvalue weighted by molar-refractivity contribution is 0.0600. The molecule has 0 aromatic heterocycles. The summed E-state index contributed by atoms with van der Waals surface area (Å²) in [7, 11) is -2.09. The van der Waals surface area contributed by atoms with E-state index < -0.39 is 16.0 Å². The quantitative estimate of drug-likeness (QED) is 0.782. The van der Waals surface area contributed by atoms with E-state index in [4.69, 9.17) is 0 Å². The Morgan fingerprint density at radius 1 is 1.08 bits per heavy atom. The van der Waals surface area contributed by atoms with Crippen molar-refractivity contribution in [1.29, 1.82) is 0 Å². The molecule has 26 heavy (non-hydrogen) atoms. The van der Waals surface area contributed by atoms with Crippen LogP contribution in [-0.4, -0.2) is 40.2 Å². The first-order valence-electron chi connectivity index (χ1n) is 7.83. The van der Waals surface area contributed by atoms with E-state index in [2.05, 4.69) is 10.1 Å². The van der Waals surface area contributed by atoms with Crippen LogP contribution in [0.4, 0.5) is 11.4 Å². The molecule has 0 radical (unpaired) electrons. The molecule has 0 heterocycles. The first-order chi connectivity index (χ1) is 12.3. The number of amides is 1. The van der Waals surface area contributed by atoms with Crippen LogP contribution in [0.5, 0.6) is 0 Å². The first-order valence-corrected chi connectivity index (χ1v) is 9.68. The number of hydrogen-bond donors (Lipinski definition) is 1. The fourth-order valence-electron chi connectivity index (χ4n) is 2.43. The van der Waals surface area contributed by atoms with Gasteiger partial charge in [-0.15, -0.1) is 0 Å². The molecule has 8 heteroatoms. The summed E-state index contributed by atoms with van der Waals surface area (Å²) in [4.78, 5) is 23.9. The summed E-state index contributed by atoms with van der Waals surface area (Å²) in [5, 5.41) is 2.69. The van der Waals surface area contributed by atoms with E-state index in [0.29, 0.717) is 29.0 Å². The second-order valence-corrected chi connectivity index (χ2v) is 7.41. The van der Waals surface area contributed by atoms with Crippen LogP contribution in [0.3, 0.4) is 0 Å². The van der Waals surface area contributed by atoms with Crippen LogP contribution >= 0.6 is 0 Å². The van der Waals surface area contributed by atoms with E-state index in [-0.39, 0.29) is 5.91 Å². The number of hydrogen-bond acceptors (Lipinski definition) is 5. The topological polar surface area (TPSA) is 92.8 Å². The fourth-order valence-corrected chi connectivity index (χ4v) is 3.41.